The fourth-order valence-corrected chi connectivity index (χ4v) is 2.38. The zero-order valence-electron chi connectivity index (χ0n) is 7.19. The van der Waals surface area contributed by atoms with E-state index in [1.807, 2.05) is 0 Å². The molecule has 1 aromatic rings. The van der Waals surface area contributed by atoms with E-state index in [0.717, 1.165) is 18.4 Å². The van der Waals surface area contributed by atoms with Gasteiger partial charge in [0.15, 0.2) is 0 Å². The van der Waals surface area contributed by atoms with E-state index in [2.05, 4.69) is 0 Å². The summed E-state index contributed by atoms with van der Waals surface area (Å²) < 4.78 is 0. The molecule has 0 bridgehead atoms. The lowest BCUT2D eigenvalue weighted by Crippen LogP contribution is -2.14. The highest BCUT2D eigenvalue weighted by molar-refractivity contribution is 6.66. The highest BCUT2D eigenvalue weighted by Gasteiger charge is 2.50. The fraction of sp³-hybridized carbons (Fsp3) is 0.300. The quantitative estimate of drug-likeness (QED) is 0.729. The van der Waals surface area contributed by atoms with Crippen LogP contribution in [0.3, 0.4) is 0 Å². The molecule has 0 radical (unpaired) electrons. The molecule has 1 aliphatic rings. The summed E-state index contributed by atoms with van der Waals surface area (Å²) in [5, 5.41) is 0.754. The monoisotopic (exact) mass is 248 g/mol. The van der Waals surface area contributed by atoms with E-state index in [1.54, 1.807) is 18.2 Å². The summed E-state index contributed by atoms with van der Waals surface area (Å²) in [7, 11) is 0. The molecule has 0 amide bonds. The van der Waals surface area contributed by atoms with Gasteiger partial charge < -0.3 is 0 Å². The molecule has 0 aliphatic heterocycles. The maximum atomic E-state index is 11.2. The number of halogens is 3. The van der Waals surface area contributed by atoms with Crippen LogP contribution >= 0.6 is 34.8 Å². The Morgan fingerprint density at radius 2 is 1.64 bits per heavy atom. The molecule has 1 saturated carbocycles. The number of hydrogen-bond acceptors (Lipinski definition) is 1. The van der Waals surface area contributed by atoms with Gasteiger partial charge in [0.2, 0.25) is 5.24 Å². The molecular formula is C10H7Cl3O. The molecule has 0 saturated heterocycles. The molecule has 74 valence electrons. The summed E-state index contributed by atoms with van der Waals surface area (Å²) in [5.74, 6) is 0. The first-order valence-electron chi connectivity index (χ1n) is 4.21. The Morgan fingerprint density at radius 1 is 1.14 bits per heavy atom. The van der Waals surface area contributed by atoms with E-state index in [-0.39, 0.29) is 5.24 Å². The van der Waals surface area contributed by atoms with Crippen LogP contribution in [0, 0.1) is 0 Å². The molecule has 2 rings (SSSR count). The SMILES string of the molecule is O=C(Cl)C1(c2cc(Cl)cc(Cl)c2)CC1. The molecule has 0 unspecified atom stereocenters. The molecular weight excluding hydrogens is 242 g/mol. The third kappa shape index (κ3) is 1.65. The van der Waals surface area contributed by atoms with Crippen LogP contribution in [0.4, 0.5) is 0 Å². The van der Waals surface area contributed by atoms with Crippen LogP contribution in [0.5, 0.6) is 0 Å². The summed E-state index contributed by atoms with van der Waals surface area (Å²) in [6, 6.07) is 5.14. The summed E-state index contributed by atoms with van der Waals surface area (Å²) in [4.78, 5) is 11.2. The largest absolute Gasteiger partial charge is 0.280 e. The van der Waals surface area contributed by atoms with E-state index in [0.29, 0.717) is 10.0 Å². The van der Waals surface area contributed by atoms with Crippen LogP contribution in [0.25, 0.3) is 0 Å². The van der Waals surface area contributed by atoms with Crippen LogP contribution in [0.2, 0.25) is 10.0 Å². The van der Waals surface area contributed by atoms with Gasteiger partial charge in [-0.25, -0.2) is 0 Å². The van der Waals surface area contributed by atoms with Crippen LogP contribution in [-0.4, -0.2) is 5.24 Å². The van der Waals surface area contributed by atoms with Crippen LogP contribution in [0.1, 0.15) is 18.4 Å². The molecule has 1 aromatic carbocycles. The number of hydrogen-bond donors (Lipinski definition) is 0. The molecule has 0 atom stereocenters. The van der Waals surface area contributed by atoms with Gasteiger partial charge in [-0.05, 0) is 48.2 Å². The molecule has 0 aromatic heterocycles. The van der Waals surface area contributed by atoms with Crippen molar-refractivity contribution in [3.8, 4) is 0 Å². The van der Waals surface area contributed by atoms with E-state index < -0.39 is 5.41 Å². The van der Waals surface area contributed by atoms with Crippen molar-refractivity contribution in [2.45, 2.75) is 18.3 Å². The van der Waals surface area contributed by atoms with Crippen LogP contribution in [-0.2, 0) is 10.2 Å². The lowest BCUT2D eigenvalue weighted by atomic mass is 9.98. The van der Waals surface area contributed by atoms with Crippen molar-refractivity contribution in [3.63, 3.8) is 0 Å². The zero-order valence-corrected chi connectivity index (χ0v) is 9.46. The maximum absolute atomic E-state index is 11.2. The normalized spacial score (nSPS) is 17.9. The summed E-state index contributed by atoms with van der Waals surface area (Å²) >= 11 is 17.2. The fourth-order valence-electron chi connectivity index (χ4n) is 1.55. The predicted molar refractivity (Wildman–Crippen MR) is 58.2 cm³/mol. The summed E-state index contributed by atoms with van der Waals surface area (Å²) in [6.07, 6.45) is 1.57. The highest BCUT2D eigenvalue weighted by atomic mass is 35.5. The first-order chi connectivity index (χ1) is 6.54. The first kappa shape index (κ1) is 10.3. The van der Waals surface area contributed by atoms with Crippen molar-refractivity contribution in [2.24, 2.45) is 0 Å². The molecule has 1 fully saturated rings. The molecule has 4 heteroatoms. The molecule has 0 N–H and O–H groups in total. The third-order valence-electron chi connectivity index (χ3n) is 2.54. The topological polar surface area (TPSA) is 17.1 Å². The smallest absolute Gasteiger partial charge is 0.232 e. The van der Waals surface area contributed by atoms with Gasteiger partial charge in [0.05, 0.1) is 5.41 Å². The first-order valence-corrected chi connectivity index (χ1v) is 5.34. The Kier molecular flexibility index (Phi) is 2.50. The van der Waals surface area contributed by atoms with Gasteiger partial charge in [-0.2, -0.15) is 0 Å². The highest BCUT2D eigenvalue weighted by Crippen LogP contribution is 2.50. The second-order valence-electron chi connectivity index (χ2n) is 3.51. The Balaban J connectivity index is 2.47. The van der Waals surface area contributed by atoms with Gasteiger partial charge in [0.1, 0.15) is 0 Å². The Morgan fingerprint density at radius 3 is 2.00 bits per heavy atom. The zero-order chi connectivity index (χ0) is 10.3. The minimum Gasteiger partial charge on any atom is -0.280 e. The van der Waals surface area contributed by atoms with Crippen molar-refractivity contribution in [2.75, 3.05) is 0 Å². The van der Waals surface area contributed by atoms with E-state index in [1.165, 1.54) is 0 Å². The minimum absolute atomic E-state index is 0.323. The maximum Gasteiger partial charge on any atom is 0.232 e. The van der Waals surface area contributed by atoms with Crippen molar-refractivity contribution < 1.29 is 4.79 Å². The van der Waals surface area contributed by atoms with Crippen molar-refractivity contribution >= 4 is 40.0 Å². The Hall–Kier alpha value is -0.240. The Labute approximate surface area is 97.0 Å². The third-order valence-corrected chi connectivity index (χ3v) is 3.34. The van der Waals surface area contributed by atoms with E-state index in [4.69, 9.17) is 34.8 Å². The van der Waals surface area contributed by atoms with Crippen LogP contribution < -0.4 is 0 Å². The number of rotatable bonds is 2. The molecule has 1 nitrogen and oxygen atoms in total. The second kappa shape index (κ2) is 3.41. The average molecular weight is 250 g/mol. The van der Waals surface area contributed by atoms with Gasteiger partial charge in [-0.15, -0.1) is 0 Å². The minimum atomic E-state index is -0.518. The Bertz CT molecular complexity index is 376. The average Bonchev–Trinajstić information content (AvgIpc) is 2.81. The van der Waals surface area contributed by atoms with Crippen LogP contribution in [0.15, 0.2) is 18.2 Å². The second-order valence-corrected chi connectivity index (χ2v) is 4.73. The number of carbonyl (C=O) groups excluding carboxylic acids is 1. The number of benzene rings is 1. The lowest BCUT2D eigenvalue weighted by molar-refractivity contribution is -0.113. The van der Waals surface area contributed by atoms with E-state index >= 15 is 0 Å². The van der Waals surface area contributed by atoms with Gasteiger partial charge in [0, 0.05) is 10.0 Å². The lowest BCUT2D eigenvalue weighted by Gasteiger charge is -2.10. The molecule has 0 spiro atoms. The van der Waals surface area contributed by atoms with Crippen molar-refractivity contribution in [3.05, 3.63) is 33.8 Å². The molecule has 0 heterocycles. The van der Waals surface area contributed by atoms with Crippen molar-refractivity contribution in [1.82, 2.24) is 0 Å². The molecule has 14 heavy (non-hydrogen) atoms. The summed E-state index contributed by atoms with van der Waals surface area (Å²) in [6.45, 7) is 0. The summed E-state index contributed by atoms with van der Waals surface area (Å²) in [5.41, 5.74) is 0.311. The van der Waals surface area contributed by atoms with Gasteiger partial charge in [-0.1, -0.05) is 23.2 Å². The standard InChI is InChI=1S/C10H7Cl3O/c11-7-3-6(4-8(12)5-7)10(1-2-10)9(13)14/h3-5H,1-2H2. The predicted octanol–water partition coefficient (Wildman–Crippen LogP) is 3.79. The van der Waals surface area contributed by atoms with Gasteiger partial charge >= 0.3 is 0 Å². The van der Waals surface area contributed by atoms with E-state index in [9.17, 15) is 4.79 Å². The van der Waals surface area contributed by atoms with Gasteiger partial charge in [0.25, 0.3) is 0 Å². The van der Waals surface area contributed by atoms with Crippen molar-refractivity contribution in [1.29, 1.82) is 0 Å². The molecule has 1 aliphatic carbocycles. The number of carbonyl (C=O) groups is 1. The van der Waals surface area contributed by atoms with Gasteiger partial charge in [-0.3, -0.25) is 4.79 Å².